The van der Waals surface area contributed by atoms with E-state index in [2.05, 4.69) is 22.1 Å². The van der Waals surface area contributed by atoms with E-state index in [0.717, 1.165) is 60.5 Å². The zero-order valence-corrected chi connectivity index (χ0v) is 12.7. The van der Waals surface area contributed by atoms with Crippen LogP contribution in [-0.4, -0.2) is 45.8 Å². The van der Waals surface area contributed by atoms with E-state index in [9.17, 15) is 4.21 Å². The molecule has 0 aromatic carbocycles. The Morgan fingerprint density at radius 2 is 2.00 bits per heavy atom. The lowest BCUT2D eigenvalue weighted by atomic mass is 10.2. The summed E-state index contributed by atoms with van der Waals surface area (Å²) in [5.74, 6) is 4.27. The summed E-state index contributed by atoms with van der Waals surface area (Å²) >= 11 is 0. The Hall–Kier alpha value is -1.17. The molecule has 1 aliphatic rings. The zero-order chi connectivity index (χ0) is 13.8. The molecule has 0 radical (unpaired) electrons. The lowest BCUT2D eigenvalue weighted by molar-refractivity contribution is 0.671. The van der Waals surface area contributed by atoms with Crippen LogP contribution in [0.25, 0.3) is 0 Å². The lowest BCUT2D eigenvalue weighted by Gasteiger charge is -2.29. The third-order valence-corrected chi connectivity index (χ3v) is 4.63. The predicted molar refractivity (Wildman–Crippen MR) is 80.4 cm³/mol. The largest absolute Gasteiger partial charge is 0.373 e. The van der Waals surface area contributed by atoms with E-state index in [1.54, 1.807) is 0 Å². The second kappa shape index (κ2) is 6.32. The number of rotatable bonds is 4. The van der Waals surface area contributed by atoms with Gasteiger partial charge in [0.2, 0.25) is 0 Å². The van der Waals surface area contributed by atoms with Crippen molar-refractivity contribution in [3.63, 3.8) is 0 Å². The van der Waals surface area contributed by atoms with Gasteiger partial charge in [-0.2, -0.15) is 0 Å². The van der Waals surface area contributed by atoms with Crippen molar-refractivity contribution in [2.45, 2.75) is 26.7 Å². The number of nitrogens with one attached hydrogen (secondary N) is 1. The van der Waals surface area contributed by atoms with Gasteiger partial charge in [-0.3, -0.25) is 4.21 Å². The quantitative estimate of drug-likeness (QED) is 0.903. The first-order valence-electron chi connectivity index (χ1n) is 6.81. The Bertz CT molecular complexity index is 468. The minimum atomic E-state index is -0.658. The molecule has 0 saturated carbocycles. The molecule has 0 aliphatic carbocycles. The maximum Gasteiger partial charge on any atom is 0.137 e. The van der Waals surface area contributed by atoms with Crippen molar-refractivity contribution in [2.75, 3.05) is 41.9 Å². The molecular weight excluding hydrogens is 260 g/mol. The Balaban J connectivity index is 2.31. The molecule has 1 aromatic rings. The van der Waals surface area contributed by atoms with Gasteiger partial charge in [-0.1, -0.05) is 6.92 Å². The van der Waals surface area contributed by atoms with Crippen LogP contribution in [0.5, 0.6) is 0 Å². The fourth-order valence-electron chi connectivity index (χ4n) is 2.29. The average molecular weight is 282 g/mol. The Morgan fingerprint density at radius 1 is 1.32 bits per heavy atom. The van der Waals surface area contributed by atoms with Crippen LogP contribution in [0.3, 0.4) is 0 Å². The molecule has 1 aliphatic heterocycles. The molecule has 1 fully saturated rings. The number of hydrogen-bond donors (Lipinski definition) is 1. The first-order chi connectivity index (χ1) is 9.15. The molecule has 0 bridgehead atoms. The van der Waals surface area contributed by atoms with E-state index < -0.39 is 10.8 Å². The molecule has 0 unspecified atom stereocenters. The first kappa shape index (κ1) is 14.2. The normalized spacial score (nSPS) is 16.7. The number of hydrogen-bond acceptors (Lipinski definition) is 5. The molecule has 1 saturated heterocycles. The van der Waals surface area contributed by atoms with Gasteiger partial charge in [0.05, 0.1) is 0 Å². The summed E-state index contributed by atoms with van der Waals surface area (Å²) in [6, 6.07) is 0. The summed E-state index contributed by atoms with van der Waals surface area (Å²) in [5.41, 5.74) is 1.08. The van der Waals surface area contributed by atoms with E-state index in [1.807, 2.05) is 14.0 Å². The van der Waals surface area contributed by atoms with Crippen molar-refractivity contribution in [3.05, 3.63) is 11.4 Å². The molecule has 5 nitrogen and oxygen atoms in total. The highest BCUT2D eigenvalue weighted by Gasteiger charge is 2.20. The highest BCUT2D eigenvalue weighted by molar-refractivity contribution is 7.85. The minimum absolute atomic E-state index is 0.658. The Kier molecular flexibility index (Phi) is 4.74. The standard InChI is InChI=1S/C13H22N4OS/c1-4-5-11-15-12(14-3)10(2)13(16-11)17-6-8-19(18)9-7-17/h4-9H2,1-3H3,(H,14,15,16). The Morgan fingerprint density at radius 3 is 2.58 bits per heavy atom. The van der Waals surface area contributed by atoms with Crippen LogP contribution in [0.15, 0.2) is 0 Å². The van der Waals surface area contributed by atoms with Gasteiger partial charge in [-0.05, 0) is 13.3 Å². The van der Waals surface area contributed by atoms with E-state index in [0.29, 0.717) is 0 Å². The maximum atomic E-state index is 11.5. The van der Waals surface area contributed by atoms with E-state index in [4.69, 9.17) is 4.98 Å². The molecule has 6 heteroatoms. The third-order valence-electron chi connectivity index (χ3n) is 3.35. The van der Waals surface area contributed by atoms with Gasteiger partial charge in [0, 0.05) is 54.4 Å². The molecule has 2 heterocycles. The number of nitrogens with zero attached hydrogens (tertiary/aromatic N) is 3. The molecule has 106 valence electrons. The van der Waals surface area contributed by atoms with Crippen molar-refractivity contribution in [3.8, 4) is 0 Å². The monoisotopic (exact) mass is 282 g/mol. The SMILES string of the molecule is CCCc1nc(NC)c(C)c(N2CCS(=O)CC2)n1. The smallest absolute Gasteiger partial charge is 0.137 e. The molecule has 1 N–H and O–H groups in total. The van der Waals surface area contributed by atoms with Gasteiger partial charge >= 0.3 is 0 Å². The van der Waals surface area contributed by atoms with Gasteiger partial charge in [0.25, 0.3) is 0 Å². The van der Waals surface area contributed by atoms with Crippen LogP contribution >= 0.6 is 0 Å². The first-order valence-corrected chi connectivity index (χ1v) is 8.29. The van der Waals surface area contributed by atoms with E-state index >= 15 is 0 Å². The second-order valence-corrected chi connectivity index (χ2v) is 6.47. The predicted octanol–water partition coefficient (Wildman–Crippen LogP) is 1.35. The highest BCUT2D eigenvalue weighted by atomic mass is 32.2. The van der Waals surface area contributed by atoms with E-state index in [-0.39, 0.29) is 0 Å². The zero-order valence-electron chi connectivity index (χ0n) is 11.9. The fraction of sp³-hybridized carbons (Fsp3) is 0.692. The van der Waals surface area contributed by atoms with Crippen molar-refractivity contribution in [2.24, 2.45) is 0 Å². The average Bonchev–Trinajstić information content (AvgIpc) is 2.42. The summed E-state index contributed by atoms with van der Waals surface area (Å²) in [4.78, 5) is 11.5. The minimum Gasteiger partial charge on any atom is -0.373 e. The van der Waals surface area contributed by atoms with Crippen LogP contribution in [-0.2, 0) is 17.2 Å². The number of aryl methyl sites for hydroxylation is 1. The second-order valence-electron chi connectivity index (χ2n) is 4.77. The molecule has 0 spiro atoms. The van der Waals surface area contributed by atoms with Crippen molar-refractivity contribution in [1.29, 1.82) is 0 Å². The molecule has 0 atom stereocenters. The van der Waals surface area contributed by atoms with Gasteiger partial charge in [-0.25, -0.2) is 9.97 Å². The summed E-state index contributed by atoms with van der Waals surface area (Å²) in [7, 11) is 1.23. The van der Waals surface area contributed by atoms with Crippen LogP contribution < -0.4 is 10.2 Å². The van der Waals surface area contributed by atoms with Crippen LogP contribution in [0.1, 0.15) is 24.7 Å². The molecule has 2 rings (SSSR count). The molecular formula is C13H22N4OS. The van der Waals surface area contributed by atoms with Crippen LogP contribution in [0, 0.1) is 6.92 Å². The highest BCUT2D eigenvalue weighted by Crippen LogP contribution is 2.24. The fourth-order valence-corrected chi connectivity index (χ4v) is 3.34. The van der Waals surface area contributed by atoms with Crippen molar-refractivity contribution in [1.82, 2.24) is 9.97 Å². The third kappa shape index (κ3) is 3.23. The van der Waals surface area contributed by atoms with Crippen LogP contribution in [0.4, 0.5) is 11.6 Å². The summed E-state index contributed by atoms with van der Waals surface area (Å²) in [5, 5.41) is 3.14. The number of anilines is 2. The van der Waals surface area contributed by atoms with Crippen molar-refractivity contribution < 1.29 is 4.21 Å². The summed E-state index contributed by atoms with van der Waals surface area (Å²) < 4.78 is 11.5. The van der Waals surface area contributed by atoms with E-state index in [1.165, 1.54) is 0 Å². The molecule has 0 amide bonds. The maximum absolute atomic E-state index is 11.5. The summed E-state index contributed by atoms with van der Waals surface area (Å²) in [6.45, 7) is 5.81. The summed E-state index contributed by atoms with van der Waals surface area (Å²) in [6.07, 6.45) is 1.93. The lowest BCUT2D eigenvalue weighted by Crippen LogP contribution is -2.39. The van der Waals surface area contributed by atoms with Gasteiger partial charge in [0.1, 0.15) is 17.5 Å². The van der Waals surface area contributed by atoms with Gasteiger partial charge in [-0.15, -0.1) is 0 Å². The van der Waals surface area contributed by atoms with Crippen LogP contribution in [0.2, 0.25) is 0 Å². The Labute approximate surface area is 117 Å². The topological polar surface area (TPSA) is 58.1 Å². The van der Waals surface area contributed by atoms with Gasteiger partial charge in [0.15, 0.2) is 0 Å². The molecule has 1 aromatic heterocycles. The molecule has 19 heavy (non-hydrogen) atoms. The number of aromatic nitrogens is 2. The van der Waals surface area contributed by atoms with Gasteiger partial charge < -0.3 is 10.2 Å². The van der Waals surface area contributed by atoms with Crippen molar-refractivity contribution >= 4 is 22.4 Å².